The molecule has 3 rings (SSSR count). The van der Waals surface area contributed by atoms with Crippen LogP contribution in [0.25, 0.3) is 22.2 Å². The number of aromatic nitrogens is 3. The molecule has 0 N–H and O–H groups in total. The van der Waals surface area contributed by atoms with Gasteiger partial charge in [-0.15, -0.1) is 5.10 Å². The Kier molecular flexibility index (Phi) is 4.80. The van der Waals surface area contributed by atoms with Crippen LogP contribution in [0.2, 0.25) is 0 Å². The largest absolute Gasteiger partial charge is 0.422 e. The van der Waals surface area contributed by atoms with Crippen LogP contribution in [0, 0.1) is 0 Å². The third-order valence-electron chi connectivity index (χ3n) is 3.85. The number of hydrogen-bond donors (Lipinski definition) is 0. The lowest BCUT2D eigenvalue weighted by molar-refractivity contribution is 0.562. The van der Waals surface area contributed by atoms with Crippen molar-refractivity contribution in [3.63, 3.8) is 0 Å². The summed E-state index contributed by atoms with van der Waals surface area (Å²) in [7, 11) is 0. The van der Waals surface area contributed by atoms with Crippen molar-refractivity contribution in [3.8, 4) is 11.3 Å². The summed E-state index contributed by atoms with van der Waals surface area (Å²) < 4.78 is 5.52. The van der Waals surface area contributed by atoms with Crippen LogP contribution in [0.1, 0.15) is 13.8 Å². The summed E-state index contributed by atoms with van der Waals surface area (Å²) in [5.74, 6) is 0. The van der Waals surface area contributed by atoms with Gasteiger partial charge in [-0.2, -0.15) is 5.10 Å². The number of benzene rings is 1. The maximum Gasteiger partial charge on any atom is 0.345 e. The molecule has 7 heteroatoms. The molecule has 0 fully saturated rings. The summed E-state index contributed by atoms with van der Waals surface area (Å²) in [6.45, 7) is 5.99. The average Bonchev–Trinajstić information content (AvgIpc) is 2.62. The number of rotatable bonds is 5. The molecule has 0 atom stereocenters. The van der Waals surface area contributed by atoms with Crippen molar-refractivity contribution < 1.29 is 4.42 Å². The van der Waals surface area contributed by atoms with Gasteiger partial charge in [0.2, 0.25) is 5.16 Å². The quantitative estimate of drug-likeness (QED) is 0.521. The van der Waals surface area contributed by atoms with E-state index in [0.29, 0.717) is 22.0 Å². The molecule has 0 spiro atoms. The maximum absolute atomic E-state index is 12.4. The molecule has 0 radical (unpaired) electrons. The number of hydrogen-bond acceptors (Lipinski definition) is 7. The molecule has 2 aromatic heterocycles. The second-order valence-electron chi connectivity index (χ2n) is 5.17. The second kappa shape index (κ2) is 7.00. The summed E-state index contributed by atoms with van der Waals surface area (Å²) in [6, 6.07) is 7.69. The first-order chi connectivity index (χ1) is 11.7. The van der Waals surface area contributed by atoms with Crippen molar-refractivity contribution in [3.05, 3.63) is 40.9 Å². The normalized spacial score (nSPS) is 11.0. The lowest BCUT2D eigenvalue weighted by Gasteiger charge is -2.21. The number of nitrogens with zero attached hydrogens (tertiary/aromatic N) is 4. The molecule has 2 heterocycles. The minimum atomic E-state index is -0.424. The molecule has 0 unspecified atom stereocenters. The Morgan fingerprint density at radius 2 is 2.00 bits per heavy atom. The monoisotopic (exact) mass is 342 g/mol. The Morgan fingerprint density at radius 1 is 1.21 bits per heavy atom. The Balaban J connectivity index is 2.10. The molecule has 124 valence electrons. The lowest BCUT2D eigenvalue weighted by Crippen LogP contribution is -2.21. The molecule has 0 aliphatic carbocycles. The highest BCUT2D eigenvalue weighted by Crippen LogP contribution is 2.24. The van der Waals surface area contributed by atoms with E-state index < -0.39 is 5.63 Å². The molecule has 0 saturated carbocycles. The first-order valence-electron chi connectivity index (χ1n) is 7.73. The van der Waals surface area contributed by atoms with Crippen molar-refractivity contribution >= 4 is 28.4 Å². The van der Waals surface area contributed by atoms with E-state index in [9.17, 15) is 4.79 Å². The maximum atomic E-state index is 12.4. The summed E-state index contributed by atoms with van der Waals surface area (Å²) >= 11 is 1.37. The molecular weight excluding hydrogens is 324 g/mol. The highest BCUT2D eigenvalue weighted by molar-refractivity contribution is 7.98. The van der Waals surface area contributed by atoms with Crippen LogP contribution >= 0.6 is 11.8 Å². The average molecular weight is 342 g/mol. The van der Waals surface area contributed by atoms with Crippen LogP contribution in [-0.2, 0) is 0 Å². The molecule has 6 nitrogen and oxygen atoms in total. The van der Waals surface area contributed by atoms with E-state index >= 15 is 0 Å². The molecule has 3 aromatic rings. The van der Waals surface area contributed by atoms with Crippen LogP contribution in [0.3, 0.4) is 0 Å². The zero-order chi connectivity index (χ0) is 17.1. The summed E-state index contributed by atoms with van der Waals surface area (Å²) in [5.41, 5.74) is 2.05. The highest BCUT2D eigenvalue weighted by Gasteiger charge is 2.12. The SMILES string of the molecule is CCN(CC)c1ccc2cc(-c3cnnc(SC)n3)c(=O)oc2c1. The van der Waals surface area contributed by atoms with Gasteiger partial charge in [-0.1, -0.05) is 11.8 Å². The van der Waals surface area contributed by atoms with Gasteiger partial charge in [0.1, 0.15) is 11.3 Å². The van der Waals surface area contributed by atoms with Crippen molar-refractivity contribution in [1.82, 2.24) is 15.2 Å². The number of anilines is 1. The first-order valence-corrected chi connectivity index (χ1v) is 8.95. The highest BCUT2D eigenvalue weighted by atomic mass is 32.2. The molecular formula is C17H18N4O2S. The van der Waals surface area contributed by atoms with E-state index in [-0.39, 0.29) is 0 Å². The molecule has 1 aromatic carbocycles. The lowest BCUT2D eigenvalue weighted by atomic mass is 10.1. The van der Waals surface area contributed by atoms with E-state index in [0.717, 1.165) is 24.2 Å². The van der Waals surface area contributed by atoms with E-state index in [4.69, 9.17) is 4.42 Å². The van der Waals surface area contributed by atoms with Gasteiger partial charge in [-0.25, -0.2) is 9.78 Å². The molecule has 24 heavy (non-hydrogen) atoms. The van der Waals surface area contributed by atoms with Gasteiger partial charge >= 0.3 is 5.63 Å². The topological polar surface area (TPSA) is 72.1 Å². The zero-order valence-electron chi connectivity index (χ0n) is 13.8. The predicted molar refractivity (Wildman–Crippen MR) is 96.6 cm³/mol. The van der Waals surface area contributed by atoms with Gasteiger partial charge in [0, 0.05) is 30.2 Å². The van der Waals surface area contributed by atoms with Gasteiger partial charge in [-0.3, -0.25) is 0 Å². The van der Waals surface area contributed by atoms with Crippen molar-refractivity contribution in [2.75, 3.05) is 24.2 Å². The van der Waals surface area contributed by atoms with Crippen LogP contribution in [0.5, 0.6) is 0 Å². The third-order valence-corrected chi connectivity index (χ3v) is 4.38. The van der Waals surface area contributed by atoms with E-state index in [1.165, 1.54) is 18.0 Å². The Morgan fingerprint density at radius 3 is 2.71 bits per heavy atom. The molecule has 0 saturated heterocycles. The first kappa shape index (κ1) is 16.4. The number of fused-ring (bicyclic) bond motifs is 1. The third kappa shape index (κ3) is 3.12. The van der Waals surface area contributed by atoms with E-state index in [1.807, 2.05) is 24.5 Å². The van der Waals surface area contributed by atoms with E-state index in [1.54, 1.807) is 6.07 Å². The Hall–Kier alpha value is -2.41. The van der Waals surface area contributed by atoms with Gasteiger partial charge in [-0.05, 0) is 38.3 Å². The minimum Gasteiger partial charge on any atom is -0.422 e. The predicted octanol–water partition coefficient (Wildman–Crippen LogP) is 3.21. The van der Waals surface area contributed by atoms with Crippen LogP contribution in [-0.4, -0.2) is 34.5 Å². The van der Waals surface area contributed by atoms with Gasteiger partial charge < -0.3 is 9.32 Å². The minimum absolute atomic E-state index is 0.392. The van der Waals surface area contributed by atoms with Crippen molar-refractivity contribution in [2.24, 2.45) is 0 Å². The Labute approximate surface area is 143 Å². The molecule has 0 aliphatic rings. The fraction of sp³-hybridized carbons (Fsp3) is 0.294. The van der Waals surface area contributed by atoms with Crippen LogP contribution in [0.15, 0.2) is 44.8 Å². The van der Waals surface area contributed by atoms with Gasteiger partial charge in [0.15, 0.2) is 0 Å². The van der Waals surface area contributed by atoms with E-state index in [2.05, 4.69) is 33.9 Å². The fourth-order valence-electron chi connectivity index (χ4n) is 2.57. The van der Waals surface area contributed by atoms with Crippen molar-refractivity contribution in [1.29, 1.82) is 0 Å². The number of thioether (sulfide) groups is 1. The van der Waals surface area contributed by atoms with Gasteiger partial charge in [0.25, 0.3) is 0 Å². The van der Waals surface area contributed by atoms with Gasteiger partial charge in [0.05, 0.1) is 11.8 Å². The standard InChI is InChI=1S/C17H18N4O2S/c1-4-21(5-2)12-7-6-11-8-13(16(22)23-15(11)9-12)14-10-18-20-17(19-14)24-3/h6-10H,4-5H2,1-3H3. The smallest absolute Gasteiger partial charge is 0.345 e. The molecule has 0 bridgehead atoms. The second-order valence-corrected chi connectivity index (χ2v) is 5.94. The summed E-state index contributed by atoms with van der Waals surface area (Å²) in [6.07, 6.45) is 3.33. The fourth-order valence-corrected chi connectivity index (χ4v) is 2.89. The zero-order valence-corrected chi connectivity index (χ0v) is 14.6. The van der Waals surface area contributed by atoms with Crippen LogP contribution in [0.4, 0.5) is 5.69 Å². The molecule has 0 amide bonds. The molecule has 0 aliphatic heterocycles. The Bertz CT molecular complexity index is 922. The summed E-state index contributed by atoms with van der Waals surface area (Å²) in [4.78, 5) is 18.9. The van der Waals surface area contributed by atoms with Crippen molar-refractivity contribution in [2.45, 2.75) is 19.0 Å². The van der Waals surface area contributed by atoms with Crippen LogP contribution < -0.4 is 10.5 Å². The summed E-state index contributed by atoms with van der Waals surface area (Å²) in [5, 5.41) is 9.15.